The maximum atomic E-state index is 13.4. The van der Waals surface area contributed by atoms with Crippen molar-refractivity contribution in [2.24, 2.45) is 0 Å². The number of hydrogen-bond acceptors (Lipinski definition) is 4. The Kier molecular flexibility index (Phi) is 6.59. The molecular formula is C28H27NO4. The normalized spacial score (nSPS) is 10.9. The molecule has 0 aliphatic carbocycles. The van der Waals surface area contributed by atoms with Crippen LogP contribution >= 0.6 is 0 Å². The van der Waals surface area contributed by atoms with Gasteiger partial charge in [-0.05, 0) is 31.4 Å². The summed E-state index contributed by atoms with van der Waals surface area (Å²) in [5.74, 6) is 0.713. The number of methoxy groups -OCH3 is 2. The van der Waals surface area contributed by atoms with Crippen LogP contribution in [0.5, 0.6) is 11.5 Å². The van der Waals surface area contributed by atoms with Gasteiger partial charge in [0.25, 0.3) is 0 Å². The fourth-order valence-electron chi connectivity index (χ4n) is 4.02. The number of fused-ring (bicyclic) bond motifs is 1. The first-order valence-electron chi connectivity index (χ1n) is 11.0. The van der Waals surface area contributed by atoms with E-state index >= 15 is 0 Å². The SMILES string of the molecule is COc1cc2c(=O)c(C(=O)c3ccc(C)cc3)cn(CCCc3ccccc3)c2cc1OC. The van der Waals surface area contributed by atoms with Gasteiger partial charge in [-0.1, -0.05) is 60.2 Å². The third-order valence-corrected chi connectivity index (χ3v) is 5.85. The smallest absolute Gasteiger partial charge is 0.200 e. The number of hydrogen-bond donors (Lipinski definition) is 0. The van der Waals surface area contributed by atoms with Gasteiger partial charge < -0.3 is 14.0 Å². The van der Waals surface area contributed by atoms with E-state index in [1.807, 2.05) is 41.8 Å². The first-order chi connectivity index (χ1) is 16.0. The molecule has 0 fully saturated rings. The summed E-state index contributed by atoms with van der Waals surface area (Å²) in [5.41, 5.74) is 3.35. The van der Waals surface area contributed by atoms with E-state index in [1.54, 1.807) is 37.6 Å². The fourth-order valence-corrected chi connectivity index (χ4v) is 4.02. The Hall–Kier alpha value is -3.86. The van der Waals surface area contributed by atoms with Crippen molar-refractivity contribution in [3.63, 3.8) is 0 Å². The Morgan fingerprint density at radius 2 is 1.58 bits per heavy atom. The van der Waals surface area contributed by atoms with Crippen LogP contribution in [0, 0.1) is 6.92 Å². The lowest BCUT2D eigenvalue weighted by Crippen LogP contribution is -2.20. The average molecular weight is 442 g/mol. The summed E-state index contributed by atoms with van der Waals surface area (Å²) in [4.78, 5) is 26.7. The zero-order valence-corrected chi connectivity index (χ0v) is 19.1. The Morgan fingerprint density at radius 3 is 2.24 bits per heavy atom. The Bertz CT molecular complexity index is 1340. The molecule has 3 aromatic carbocycles. The molecule has 0 N–H and O–H groups in total. The molecule has 168 valence electrons. The summed E-state index contributed by atoms with van der Waals surface area (Å²) in [6.45, 7) is 2.61. The van der Waals surface area contributed by atoms with Gasteiger partial charge >= 0.3 is 0 Å². The first kappa shape index (κ1) is 22.3. The Morgan fingerprint density at radius 1 is 0.909 bits per heavy atom. The molecule has 33 heavy (non-hydrogen) atoms. The van der Waals surface area contributed by atoms with Gasteiger partial charge in [0.1, 0.15) is 0 Å². The van der Waals surface area contributed by atoms with Crippen molar-refractivity contribution in [3.05, 3.63) is 105 Å². The van der Waals surface area contributed by atoms with E-state index in [-0.39, 0.29) is 16.8 Å². The molecule has 0 atom stereocenters. The molecule has 1 heterocycles. The first-order valence-corrected chi connectivity index (χ1v) is 11.0. The quantitative estimate of drug-likeness (QED) is 0.353. The lowest BCUT2D eigenvalue weighted by atomic mass is 10.0. The van der Waals surface area contributed by atoms with Crippen LogP contribution in [0.4, 0.5) is 0 Å². The van der Waals surface area contributed by atoms with Crippen LogP contribution in [-0.2, 0) is 13.0 Å². The van der Waals surface area contributed by atoms with Crippen molar-refractivity contribution in [2.45, 2.75) is 26.3 Å². The molecule has 0 aliphatic rings. The summed E-state index contributed by atoms with van der Waals surface area (Å²) in [7, 11) is 3.10. The van der Waals surface area contributed by atoms with E-state index in [2.05, 4.69) is 12.1 Å². The van der Waals surface area contributed by atoms with Crippen molar-refractivity contribution in [2.75, 3.05) is 14.2 Å². The molecule has 4 rings (SSSR count). The van der Waals surface area contributed by atoms with E-state index in [0.717, 1.165) is 18.4 Å². The molecule has 1 aromatic heterocycles. The second-order valence-corrected chi connectivity index (χ2v) is 8.07. The minimum Gasteiger partial charge on any atom is -0.493 e. The molecule has 0 saturated heterocycles. The van der Waals surface area contributed by atoms with Crippen molar-refractivity contribution >= 4 is 16.7 Å². The second-order valence-electron chi connectivity index (χ2n) is 8.07. The predicted octanol–water partition coefficient (Wildman–Crippen LogP) is 5.19. The monoisotopic (exact) mass is 441 g/mol. The van der Waals surface area contributed by atoms with Crippen LogP contribution in [0.3, 0.4) is 0 Å². The zero-order chi connectivity index (χ0) is 23.4. The van der Waals surface area contributed by atoms with Crippen molar-refractivity contribution < 1.29 is 14.3 Å². The van der Waals surface area contributed by atoms with Crippen LogP contribution in [0.25, 0.3) is 10.9 Å². The van der Waals surface area contributed by atoms with E-state index in [1.165, 1.54) is 12.7 Å². The van der Waals surface area contributed by atoms with Gasteiger partial charge in [-0.3, -0.25) is 9.59 Å². The number of carbonyl (C=O) groups is 1. The average Bonchev–Trinajstić information content (AvgIpc) is 2.85. The largest absolute Gasteiger partial charge is 0.493 e. The van der Waals surface area contributed by atoms with Gasteiger partial charge in [0, 0.05) is 24.4 Å². The topological polar surface area (TPSA) is 57.5 Å². The molecule has 0 saturated carbocycles. The molecule has 0 bridgehead atoms. The minimum atomic E-state index is -0.309. The predicted molar refractivity (Wildman–Crippen MR) is 131 cm³/mol. The number of carbonyl (C=O) groups excluding carboxylic acids is 1. The molecule has 4 aromatic rings. The lowest BCUT2D eigenvalue weighted by Gasteiger charge is -2.16. The fraction of sp³-hybridized carbons (Fsp3) is 0.214. The van der Waals surface area contributed by atoms with Crippen LogP contribution in [0.1, 0.15) is 33.5 Å². The summed E-state index contributed by atoms with van der Waals surface area (Å²) in [6, 6.07) is 21.0. The molecular weight excluding hydrogens is 414 g/mol. The molecule has 0 radical (unpaired) electrons. The number of ether oxygens (including phenoxy) is 2. The van der Waals surface area contributed by atoms with Gasteiger partial charge in [-0.25, -0.2) is 0 Å². The zero-order valence-electron chi connectivity index (χ0n) is 19.1. The highest BCUT2D eigenvalue weighted by Crippen LogP contribution is 2.31. The Labute approximate surface area is 193 Å². The van der Waals surface area contributed by atoms with E-state index < -0.39 is 0 Å². The third-order valence-electron chi connectivity index (χ3n) is 5.85. The van der Waals surface area contributed by atoms with Gasteiger partial charge in [-0.15, -0.1) is 0 Å². The van der Waals surface area contributed by atoms with Crippen LogP contribution in [0.15, 0.2) is 77.7 Å². The maximum absolute atomic E-state index is 13.4. The maximum Gasteiger partial charge on any atom is 0.200 e. The number of aryl methyl sites for hydroxylation is 3. The van der Waals surface area contributed by atoms with Crippen LogP contribution in [-0.4, -0.2) is 24.6 Å². The van der Waals surface area contributed by atoms with E-state index in [4.69, 9.17) is 9.47 Å². The van der Waals surface area contributed by atoms with Gasteiger partial charge in [0.15, 0.2) is 17.3 Å². The molecule has 0 spiro atoms. The van der Waals surface area contributed by atoms with E-state index in [0.29, 0.717) is 34.5 Å². The highest BCUT2D eigenvalue weighted by Gasteiger charge is 2.19. The van der Waals surface area contributed by atoms with Gasteiger partial charge in [0.05, 0.1) is 30.7 Å². The van der Waals surface area contributed by atoms with Crippen molar-refractivity contribution in [3.8, 4) is 11.5 Å². The number of aromatic nitrogens is 1. The van der Waals surface area contributed by atoms with Crippen LogP contribution in [0.2, 0.25) is 0 Å². The van der Waals surface area contributed by atoms with Gasteiger partial charge in [0.2, 0.25) is 5.43 Å². The Balaban J connectivity index is 1.80. The third kappa shape index (κ3) is 4.67. The molecule has 0 aliphatic heterocycles. The summed E-state index contributed by atoms with van der Waals surface area (Å²) in [6.07, 6.45) is 3.43. The summed E-state index contributed by atoms with van der Waals surface area (Å²) >= 11 is 0. The molecule has 5 nitrogen and oxygen atoms in total. The molecule has 5 heteroatoms. The number of pyridine rings is 1. The summed E-state index contributed by atoms with van der Waals surface area (Å²) in [5, 5.41) is 0.435. The lowest BCUT2D eigenvalue weighted by molar-refractivity contribution is 0.103. The molecule has 0 amide bonds. The van der Waals surface area contributed by atoms with E-state index in [9.17, 15) is 9.59 Å². The van der Waals surface area contributed by atoms with Crippen molar-refractivity contribution in [1.29, 1.82) is 0 Å². The van der Waals surface area contributed by atoms with Crippen molar-refractivity contribution in [1.82, 2.24) is 4.57 Å². The molecule has 0 unspecified atom stereocenters. The number of rotatable bonds is 8. The number of benzene rings is 3. The van der Waals surface area contributed by atoms with Gasteiger partial charge in [-0.2, -0.15) is 0 Å². The van der Waals surface area contributed by atoms with Crippen LogP contribution < -0.4 is 14.9 Å². The summed E-state index contributed by atoms with van der Waals surface area (Å²) < 4.78 is 12.9. The highest BCUT2D eigenvalue weighted by atomic mass is 16.5. The number of nitrogens with zero attached hydrogens (tertiary/aromatic N) is 1. The second kappa shape index (κ2) is 9.74. The number of ketones is 1. The standard InChI is InChI=1S/C28H27NO4/c1-19-11-13-21(14-12-19)27(30)23-18-29(15-7-10-20-8-5-4-6-9-20)24-17-26(33-3)25(32-2)16-22(24)28(23)31/h4-6,8-9,11-14,16-18H,7,10,15H2,1-3H3. The highest BCUT2D eigenvalue weighted by molar-refractivity contribution is 6.10. The minimum absolute atomic E-state index is 0.151.